The molecule has 0 saturated heterocycles. The fourth-order valence-corrected chi connectivity index (χ4v) is 1.66. The highest BCUT2D eigenvalue weighted by atomic mass is 35.5. The Hall–Kier alpha value is -1.88. The molecule has 0 amide bonds. The van der Waals surface area contributed by atoms with E-state index in [1.807, 2.05) is 0 Å². The molecular formula is C11H7ClFNO3. The van der Waals surface area contributed by atoms with Crippen molar-refractivity contribution >= 4 is 28.3 Å². The molecule has 1 aromatic heterocycles. The quantitative estimate of drug-likeness (QED) is 0.794. The summed E-state index contributed by atoms with van der Waals surface area (Å²) in [4.78, 5) is 25.2. The van der Waals surface area contributed by atoms with Crippen molar-refractivity contribution in [2.75, 3.05) is 7.11 Å². The van der Waals surface area contributed by atoms with Crippen LogP contribution < -0.4 is 5.56 Å². The monoisotopic (exact) mass is 255 g/mol. The molecule has 2 rings (SSSR count). The average molecular weight is 256 g/mol. The van der Waals surface area contributed by atoms with Gasteiger partial charge in [0.15, 0.2) is 0 Å². The lowest BCUT2D eigenvalue weighted by molar-refractivity contribution is 0.0594. The third-order valence-electron chi connectivity index (χ3n) is 2.32. The molecule has 17 heavy (non-hydrogen) atoms. The molecule has 0 aliphatic carbocycles. The van der Waals surface area contributed by atoms with Crippen molar-refractivity contribution in [3.63, 3.8) is 0 Å². The van der Waals surface area contributed by atoms with Crippen LogP contribution in [0.25, 0.3) is 10.8 Å². The van der Waals surface area contributed by atoms with Gasteiger partial charge in [0, 0.05) is 5.39 Å². The van der Waals surface area contributed by atoms with Gasteiger partial charge in [-0.2, -0.15) is 0 Å². The number of aromatic nitrogens is 1. The van der Waals surface area contributed by atoms with E-state index in [2.05, 4.69) is 9.72 Å². The molecule has 0 atom stereocenters. The van der Waals surface area contributed by atoms with Gasteiger partial charge in [0.25, 0.3) is 5.56 Å². The lowest BCUT2D eigenvalue weighted by atomic mass is 10.1. The Kier molecular flexibility index (Phi) is 2.85. The number of methoxy groups -OCH3 is 1. The smallest absolute Gasteiger partial charge is 0.354 e. The maximum absolute atomic E-state index is 13.7. The summed E-state index contributed by atoms with van der Waals surface area (Å²) in [5.74, 6) is -1.48. The van der Waals surface area contributed by atoms with Crippen LogP contribution in [0.3, 0.4) is 0 Å². The first-order chi connectivity index (χ1) is 8.04. The molecule has 0 saturated carbocycles. The van der Waals surface area contributed by atoms with Gasteiger partial charge in [0.2, 0.25) is 0 Å². The molecule has 0 bridgehead atoms. The van der Waals surface area contributed by atoms with Gasteiger partial charge in [0.05, 0.1) is 17.5 Å². The Morgan fingerprint density at radius 1 is 1.41 bits per heavy atom. The maximum atomic E-state index is 13.7. The summed E-state index contributed by atoms with van der Waals surface area (Å²) in [5.41, 5.74) is -0.690. The van der Waals surface area contributed by atoms with E-state index in [1.165, 1.54) is 25.3 Å². The van der Waals surface area contributed by atoms with E-state index in [0.29, 0.717) is 0 Å². The third-order valence-corrected chi connectivity index (χ3v) is 2.61. The minimum atomic E-state index is -0.747. The van der Waals surface area contributed by atoms with Gasteiger partial charge in [0.1, 0.15) is 11.5 Å². The van der Waals surface area contributed by atoms with Gasteiger partial charge in [-0.3, -0.25) is 4.79 Å². The van der Waals surface area contributed by atoms with Crippen LogP contribution in [-0.2, 0) is 4.74 Å². The summed E-state index contributed by atoms with van der Waals surface area (Å²) in [6.07, 6.45) is 0. The number of ether oxygens (including phenoxy) is 1. The topological polar surface area (TPSA) is 59.2 Å². The lowest BCUT2D eigenvalue weighted by Crippen LogP contribution is -2.14. The molecule has 6 heteroatoms. The molecule has 4 nitrogen and oxygen atoms in total. The van der Waals surface area contributed by atoms with Crippen LogP contribution in [0.1, 0.15) is 10.5 Å². The van der Waals surface area contributed by atoms with Crippen molar-refractivity contribution in [3.05, 3.63) is 45.1 Å². The highest BCUT2D eigenvalue weighted by Crippen LogP contribution is 2.22. The van der Waals surface area contributed by atoms with E-state index in [0.717, 1.165) is 0 Å². The molecule has 0 radical (unpaired) electrons. The number of H-pyrrole nitrogens is 1. The standard InChI is InChI=1S/C11H7ClFNO3/c1-17-11(16)8-4-6-5(10(15)14-8)2-3-7(12)9(6)13/h2-4H,1H3,(H,14,15). The van der Waals surface area contributed by atoms with E-state index in [9.17, 15) is 14.0 Å². The van der Waals surface area contributed by atoms with E-state index in [4.69, 9.17) is 11.6 Å². The van der Waals surface area contributed by atoms with Crippen molar-refractivity contribution in [1.82, 2.24) is 4.98 Å². The molecule has 1 heterocycles. The second-order valence-corrected chi connectivity index (χ2v) is 3.73. The number of fused-ring (bicyclic) bond motifs is 1. The van der Waals surface area contributed by atoms with Crippen molar-refractivity contribution in [3.8, 4) is 0 Å². The van der Waals surface area contributed by atoms with Gasteiger partial charge in [-0.1, -0.05) is 11.6 Å². The van der Waals surface area contributed by atoms with Gasteiger partial charge < -0.3 is 9.72 Å². The average Bonchev–Trinajstić information content (AvgIpc) is 2.33. The number of aromatic amines is 1. The molecule has 1 N–H and O–H groups in total. The second kappa shape index (κ2) is 4.18. The van der Waals surface area contributed by atoms with Crippen LogP contribution in [0, 0.1) is 5.82 Å². The molecule has 1 aromatic carbocycles. The van der Waals surface area contributed by atoms with E-state index in [1.54, 1.807) is 0 Å². The molecule has 2 aromatic rings. The normalized spacial score (nSPS) is 10.5. The zero-order valence-electron chi connectivity index (χ0n) is 8.71. The maximum Gasteiger partial charge on any atom is 0.354 e. The van der Waals surface area contributed by atoms with Crippen molar-refractivity contribution in [2.45, 2.75) is 0 Å². The Bertz CT molecular complexity index is 666. The number of esters is 1. The van der Waals surface area contributed by atoms with Crippen LogP contribution in [-0.4, -0.2) is 18.1 Å². The number of carbonyl (C=O) groups is 1. The highest BCUT2D eigenvalue weighted by Gasteiger charge is 2.13. The molecule has 0 spiro atoms. The van der Waals surface area contributed by atoms with Crippen molar-refractivity contribution in [1.29, 1.82) is 0 Å². The first-order valence-corrected chi connectivity index (χ1v) is 5.01. The molecule has 0 aliphatic heterocycles. The minimum absolute atomic E-state index is 0.0124. The summed E-state index contributed by atoms with van der Waals surface area (Å²) < 4.78 is 18.1. The summed E-state index contributed by atoms with van der Waals surface area (Å²) in [6, 6.07) is 3.87. The second-order valence-electron chi connectivity index (χ2n) is 3.33. The van der Waals surface area contributed by atoms with Crippen molar-refractivity contribution in [2.24, 2.45) is 0 Å². The molecule has 0 aliphatic rings. The summed E-state index contributed by atoms with van der Waals surface area (Å²) in [5, 5.41) is 0.000110. The Morgan fingerprint density at radius 3 is 2.76 bits per heavy atom. The summed E-state index contributed by atoms with van der Waals surface area (Å²) >= 11 is 5.60. The van der Waals surface area contributed by atoms with E-state index >= 15 is 0 Å². The number of benzene rings is 1. The lowest BCUT2D eigenvalue weighted by Gasteiger charge is -2.03. The van der Waals surface area contributed by atoms with Gasteiger partial charge >= 0.3 is 5.97 Å². The first-order valence-electron chi connectivity index (χ1n) is 4.64. The number of hydrogen-bond acceptors (Lipinski definition) is 3. The Labute approximate surface area is 100.0 Å². The fraction of sp³-hybridized carbons (Fsp3) is 0.0909. The SMILES string of the molecule is COC(=O)c1cc2c(F)c(Cl)ccc2c(=O)[nH]1. The van der Waals surface area contributed by atoms with E-state index < -0.39 is 17.3 Å². The fourth-order valence-electron chi connectivity index (χ4n) is 1.50. The van der Waals surface area contributed by atoms with Gasteiger partial charge in [-0.05, 0) is 18.2 Å². The highest BCUT2D eigenvalue weighted by molar-refractivity contribution is 6.31. The largest absolute Gasteiger partial charge is 0.464 e. The van der Waals surface area contributed by atoms with Crippen LogP contribution >= 0.6 is 11.6 Å². The number of nitrogens with one attached hydrogen (secondary N) is 1. The summed E-state index contributed by atoms with van der Waals surface area (Å²) in [7, 11) is 1.17. The molecule has 0 fully saturated rings. The summed E-state index contributed by atoms with van der Waals surface area (Å²) in [6.45, 7) is 0. The van der Waals surface area contributed by atoms with Gasteiger partial charge in [-0.15, -0.1) is 0 Å². The number of carbonyl (C=O) groups excluding carboxylic acids is 1. The molecular weight excluding hydrogens is 249 g/mol. The zero-order valence-corrected chi connectivity index (χ0v) is 9.47. The number of rotatable bonds is 1. The minimum Gasteiger partial charge on any atom is -0.464 e. The number of halogens is 2. The Morgan fingerprint density at radius 2 is 2.12 bits per heavy atom. The number of pyridine rings is 1. The molecule has 0 unspecified atom stereocenters. The van der Waals surface area contributed by atoms with Crippen LogP contribution in [0.2, 0.25) is 5.02 Å². The first kappa shape index (κ1) is 11.6. The van der Waals surface area contributed by atoms with Crippen molar-refractivity contribution < 1.29 is 13.9 Å². The Balaban J connectivity index is 2.84. The third kappa shape index (κ3) is 1.89. The van der Waals surface area contributed by atoms with Gasteiger partial charge in [-0.25, -0.2) is 9.18 Å². The van der Waals surface area contributed by atoms with Crippen LogP contribution in [0.5, 0.6) is 0 Å². The van der Waals surface area contributed by atoms with Crippen LogP contribution in [0.4, 0.5) is 4.39 Å². The van der Waals surface area contributed by atoms with E-state index in [-0.39, 0.29) is 21.5 Å². The number of hydrogen-bond donors (Lipinski definition) is 1. The van der Waals surface area contributed by atoms with Crippen LogP contribution in [0.15, 0.2) is 23.0 Å². The molecule has 88 valence electrons. The zero-order chi connectivity index (χ0) is 12.6. The predicted molar refractivity (Wildman–Crippen MR) is 60.9 cm³/mol. The predicted octanol–water partition coefficient (Wildman–Crippen LogP) is 2.11.